The highest BCUT2D eigenvalue weighted by Crippen LogP contribution is 2.27. The van der Waals surface area contributed by atoms with Crippen molar-refractivity contribution in [3.05, 3.63) is 71.4 Å². The predicted molar refractivity (Wildman–Crippen MR) is 122 cm³/mol. The van der Waals surface area contributed by atoms with Gasteiger partial charge in [-0.2, -0.15) is 5.10 Å². The number of Topliss-reactive ketones (excluding diaryl/α,β-unsaturated/α-hetero) is 1. The van der Waals surface area contributed by atoms with Crippen molar-refractivity contribution in [1.29, 1.82) is 0 Å². The molecule has 1 aliphatic heterocycles. The van der Waals surface area contributed by atoms with Crippen LogP contribution in [0.15, 0.2) is 54.7 Å². The molecule has 1 aromatic heterocycles. The summed E-state index contributed by atoms with van der Waals surface area (Å²) in [6, 6.07) is 13.7. The van der Waals surface area contributed by atoms with Crippen molar-refractivity contribution in [1.82, 2.24) is 14.7 Å². The number of likely N-dealkylation sites (tertiary alicyclic amines) is 1. The fourth-order valence-corrected chi connectivity index (χ4v) is 3.97. The van der Waals surface area contributed by atoms with E-state index in [0.29, 0.717) is 29.8 Å². The van der Waals surface area contributed by atoms with Crippen molar-refractivity contribution >= 4 is 29.1 Å². The van der Waals surface area contributed by atoms with Gasteiger partial charge >= 0.3 is 0 Å². The minimum absolute atomic E-state index is 0.182. The van der Waals surface area contributed by atoms with Crippen LogP contribution in [0.2, 0.25) is 0 Å². The maximum Gasteiger partial charge on any atom is 0.254 e. The summed E-state index contributed by atoms with van der Waals surface area (Å²) in [6.07, 6.45) is 2.78. The number of nitrogens with one attached hydrogen (secondary N) is 1. The maximum absolute atomic E-state index is 13.3. The van der Waals surface area contributed by atoms with Crippen LogP contribution in [0.4, 0.5) is 11.5 Å². The third-order valence-corrected chi connectivity index (χ3v) is 5.62. The zero-order valence-corrected chi connectivity index (χ0v) is 18.0. The van der Waals surface area contributed by atoms with Gasteiger partial charge in [-0.3, -0.25) is 14.4 Å². The molecule has 2 aromatic carbocycles. The zero-order valence-electron chi connectivity index (χ0n) is 18.0. The maximum atomic E-state index is 13.3. The number of aryl methyl sites for hydroxylation is 1. The Hall–Kier alpha value is -3.94. The lowest BCUT2D eigenvalue weighted by Gasteiger charge is -2.23. The number of nitrogens with two attached hydrogens (primary N) is 1. The van der Waals surface area contributed by atoms with E-state index in [1.807, 2.05) is 31.2 Å². The monoisotopic (exact) mass is 431 g/mol. The molecule has 2 heterocycles. The lowest BCUT2D eigenvalue weighted by molar-refractivity contribution is -0.114. The molecule has 32 heavy (non-hydrogen) atoms. The number of hydrogen-bond donors (Lipinski definition) is 2. The Morgan fingerprint density at radius 3 is 2.41 bits per heavy atom. The Morgan fingerprint density at radius 1 is 1.06 bits per heavy atom. The number of rotatable bonds is 5. The molecule has 164 valence electrons. The fraction of sp³-hybridized carbons (Fsp3) is 0.250. The summed E-state index contributed by atoms with van der Waals surface area (Å²) >= 11 is 0. The predicted octanol–water partition coefficient (Wildman–Crippen LogP) is 3.21. The summed E-state index contributed by atoms with van der Waals surface area (Å²) in [6.45, 7) is 3.91. The van der Waals surface area contributed by atoms with Crippen LogP contribution in [-0.2, 0) is 4.79 Å². The third kappa shape index (κ3) is 4.12. The third-order valence-electron chi connectivity index (χ3n) is 5.62. The molecule has 0 aliphatic carbocycles. The van der Waals surface area contributed by atoms with Crippen molar-refractivity contribution in [2.24, 2.45) is 0 Å². The minimum atomic E-state index is -0.588. The number of ketones is 1. The van der Waals surface area contributed by atoms with Gasteiger partial charge in [-0.1, -0.05) is 17.7 Å². The van der Waals surface area contributed by atoms with Gasteiger partial charge in [0.25, 0.3) is 5.91 Å². The number of benzene rings is 2. The number of aromatic nitrogens is 2. The summed E-state index contributed by atoms with van der Waals surface area (Å²) < 4.78 is 1.54. The van der Waals surface area contributed by atoms with Crippen molar-refractivity contribution in [2.75, 3.05) is 17.6 Å². The molecular weight excluding hydrogens is 406 g/mol. The van der Waals surface area contributed by atoms with Crippen LogP contribution in [0.5, 0.6) is 0 Å². The summed E-state index contributed by atoms with van der Waals surface area (Å²) in [5.41, 5.74) is 9.54. The molecule has 1 aliphatic rings. The molecule has 1 saturated heterocycles. The molecule has 4 rings (SSSR count). The van der Waals surface area contributed by atoms with Gasteiger partial charge in [0, 0.05) is 24.7 Å². The van der Waals surface area contributed by atoms with Crippen LogP contribution < -0.4 is 11.1 Å². The first-order chi connectivity index (χ1) is 15.3. The Labute approximate surface area is 186 Å². The molecule has 3 N–H and O–H groups in total. The first-order valence-electron chi connectivity index (χ1n) is 10.5. The van der Waals surface area contributed by atoms with Crippen LogP contribution in [0.1, 0.15) is 46.0 Å². The SMILES string of the molecule is CC(=O)Nc1ccc(C(=O)N2CCC[C@@H]2C(=O)c2cnn(-c3ccc(C)cc3)c2N)cc1. The molecule has 8 nitrogen and oxygen atoms in total. The van der Waals surface area contributed by atoms with Crippen LogP contribution in [0, 0.1) is 6.92 Å². The molecule has 3 aromatic rings. The van der Waals surface area contributed by atoms with E-state index in [9.17, 15) is 14.4 Å². The van der Waals surface area contributed by atoms with E-state index in [4.69, 9.17) is 5.73 Å². The first kappa shape index (κ1) is 21.3. The number of nitrogens with zero attached hydrogens (tertiary/aromatic N) is 3. The quantitative estimate of drug-likeness (QED) is 0.603. The zero-order chi connectivity index (χ0) is 22.8. The molecule has 0 spiro atoms. The number of anilines is 2. The summed E-state index contributed by atoms with van der Waals surface area (Å²) in [7, 11) is 0. The minimum Gasteiger partial charge on any atom is -0.383 e. The van der Waals surface area contributed by atoms with Crippen LogP contribution in [0.3, 0.4) is 0 Å². The van der Waals surface area contributed by atoms with E-state index in [-0.39, 0.29) is 23.4 Å². The van der Waals surface area contributed by atoms with Crippen molar-refractivity contribution < 1.29 is 14.4 Å². The van der Waals surface area contributed by atoms with E-state index >= 15 is 0 Å². The molecule has 0 unspecified atom stereocenters. The standard InChI is InChI=1S/C24H25N5O3/c1-15-5-11-19(12-6-15)29-23(25)20(14-26-29)22(31)21-4-3-13-28(21)24(32)17-7-9-18(10-8-17)27-16(2)30/h5-12,14,21H,3-4,13,25H2,1-2H3,(H,27,30)/t21-/m1/s1. The van der Waals surface area contributed by atoms with E-state index in [0.717, 1.165) is 17.7 Å². The second kappa shape index (κ2) is 8.66. The van der Waals surface area contributed by atoms with Gasteiger partial charge < -0.3 is 16.0 Å². The molecule has 8 heteroatoms. The van der Waals surface area contributed by atoms with E-state index < -0.39 is 6.04 Å². The van der Waals surface area contributed by atoms with E-state index in [2.05, 4.69) is 10.4 Å². The molecule has 0 saturated carbocycles. The molecule has 0 bridgehead atoms. The highest BCUT2D eigenvalue weighted by atomic mass is 16.2. The van der Waals surface area contributed by atoms with Crippen molar-refractivity contribution in [3.8, 4) is 5.69 Å². The van der Waals surface area contributed by atoms with Gasteiger partial charge in [0.15, 0.2) is 5.78 Å². The average molecular weight is 431 g/mol. The highest BCUT2D eigenvalue weighted by Gasteiger charge is 2.36. The topological polar surface area (TPSA) is 110 Å². The summed E-state index contributed by atoms with van der Waals surface area (Å²) in [4.78, 5) is 39.2. The fourth-order valence-electron chi connectivity index (χ4n) is 3.97. The van der Waals surface area contributed by atoms with Crippen LogP contribution >= 0.6 is 0 Å². The molecular formula is C24H25N5O3. The highest BCUT2D eigenvalue weighted by molar-refractivity contribution is 6.07. The summed E-state index contributed by atoms with van der Waals surface area (Å²) in [5.74, 6) is -0.350. The van der Waals surface area contributed by atoms with Crippen molar-refractivity contribution in [2.45, 2.75) is 32.7 Å². The van der Waals surface area contributed by atoms with E-state index in [1.165, 1.54) is 17.8 Å². The first-order valence-corrected chi connectivity index (χ1v) is 10.5. The number of amides is 2. The molecule has 1 fully saturated rings. The van der Waals surface area contributed by atoms with E-state index in [1.54, 1.807) is 29.2 Å². The number of carbonyl (C=O) groups excluding carboxylic acids is 3. The summed E-state index contributed by atoms with van der Waals surface area (Å²) in [5, 5.41) is 6.98. The van der Waals surface area contributed by atoms with Gasteiger partial charge in [-0.05, 0) is 56.2 Å². The van der Waals surface area contributed by atoms with Crippen LogP contribution in [0.25, 0.3) is 5.69 Å². The second-order valence-electron chi connectivity index (χ2n) is 7.97. The lowest BCUT2D eigenvalue weighted by atomic mass is 10.0. The largest absolute Gasteiger partial charge is 0.383 e. The Kier molecular flexibility index (Phi) is 5.77. The lowest BCUT2D eigenvalue weighted by Crippen LogP contribution is -2.40. The van der Waals surface area contributed by atoms with Crippen molar-refractivity contribution in [3.63, 3.8) is 0 Å². The smallest absolute Gasteiger partial charge is 0.254 e. The number of carbonyl (C=O) groups is 3. The van der Waals surface area contributed by atoms with Gasteiger partial charge in [0.2, 0.25) is 5.91 Å². The van der Waals surface area contributed by atoms with Gasteiger partial charge in [-0.25, -0.2) is 4.68 Å². The Bertz CT molecular complexity index is 1170. The molecule has 2 amide bonds. The molecule has 1 atom stereocenters. The second-order valence-corrected chi connectivity index (χ2v) is 7.97. The van der Waals surface area contributed by atoms with Gasteiger partial charge in [0.05, 0.1) is 23.5 Å². The van der Waals surface area contributed by atoms with Gasteiger partial charge in [-0.15, -0.1) is 0 Å². The Morgan fingerprint density at radius 2 is 1.75 bits per heavy atom. The normalized spacial score (nSPS) is 15.6. The van der Waals surface area contributed by atoms with Gasteiger partial charge in [0.1, 0.15) is 5.82 Å². The Balaban J connectivity index is 1.54. The molecule has 0 radical (unpaired) electrons. The van der Waals surface area contributed by atoms with Crippen LogP contribution in [-0.4, -0.2) is 44.9 Å². The number of hydrogen-bond acceptors (Lipinski definition) is 5. The number of nitrogen functional groups attached to an aromatic ring is 1. The average Bonchev–Trinajstić information content (AvgIpc) is 3.41.